The van der Waals surface area contributed by atoms with Gasteiger partial charge in [-0.25, -0.2) is 14.0 Å². The summed E-state index contributed by atoms with van der Waals surface area (Å²) >= 11 is 1.59. The number of carboxylic acids is 1. The van der Waals surface area contributed by atoms with Crippen LogP contribution in [0.25, 0.3) is 0 Å². The first-order valence-corrected chi connectivity index (χ1v) is 7.10. The van der Waals surface area contributed by atoms with Crippen molar-refractivity contribution in [1.82, 2.24) is 5.32 Å². The summed E-state index contributed by atoms with van der Waals surface area (Å²) in [6, 6.07) is 2.65. The average Bonchev–Trinajstić information content (AvgIpc) is 2.39. The molecule has 0 saturated heterocycles. The number of carboxylic acid groups (broad SMARTS) is 1. The minimum Gasteiger partial charge on any atom is -0.478 e. The Morgan fingerprint density at radius 3 is 2.60 bits per heavy atom. The van der Waals surface area contributed by atoms with Gasteiger partial charge in [-0.05, 0) is 38.3 Å². The molecule has 2 amide bonds. The molecule has 0 fully saturated rings. The third-order valence-corrected chi connectivity index (χ3v) is 3.94. The Hall–Kier alpha value is -1.76. The summed E-state index contributed by atoms with van der Waals surface area (Å²) in [7, 11) is 0. The number of nitrogens with one attached hydrogen (secondary N) is 2. The van der Waals surface area contributed by atoms with Crippen molar-refractivity contribution >= 4 is 29.4 Å². The highest BCUT2D eigenvalue weighted by molar-refractivity contribution is 7.99. The SMILES string of the molecule is CSC(C)(C)CNC(=O)Nc1cc(C(=O)O)ccc1F. The zero-order chi connectivity index (χ0) is 15.3. The molecule has 110 valence electrons. The Balaban J connectivity index is 2.71. The van der Waals surface area contributed by atoms with Crippen molar-refractivity contribution < 1.29 is 19.1 Å². The van der Waals surface area contributed by atoms with Crippen LogP contribution >= 0.6 is 11.8 Å². The van der Waals surface area contributed by atoms with Gasteiger partial charge in [-0.3, -0.25) is 0 Å². The highest BCUT2D eigenvalue weighted by Gasteiger charge is 2.17. The van der Waals surface area contributed by atoms with E-state index >= 15 is 0 Å². The van der Waals surface area contributed by atoms with Crippen molar-refractivity contribution in [1.29, 1.82) is 0 Å². The van der Waals surface area contributed by atoms with Crippen LogP contribution in [0.2, 0.25) is 0 Å². The summed E-state index contributed by atoms with van der Waals surface area (Å²) in [6.07, 6.45) is 1.93. The van der Waals surface area contributed by atoms with Gasteiger partial charge in [0.05, 0.1) is 11.3 Å². The number of anilines is 1. The smallest absolute Gasteiger partial charge is 0.335 e. The molecule has 0 atom stereocenters. The molecule has 0 aliphatic rings. The molecular weight excluding hydrogens is 283 g/mol. The fourth-order valence-corrected chi connectivity index (χ4v) is 1.50. The van der Waals surface area contributed by atoms with Crippen molar-refractivity contribution in [3.05, 3.63) is 29.6 Å². The van der Waals surface area contributed by atoms with Crippen LogP contribution in [0.1, 0.15) is 24.2 Å². The molecule has 0 heterocycles. The van der Waals surface area contributed by atoms with E-state index in [1.54, 1.807) is 11.8 Å². The van der Waals surface area contributed by atoms with Crippen LogP contribution in [0, 0.1) is 5.82 Å². The van der Waals surface area contributed by atoms with Gasteiger partial charge in [-0.1, -0.05) is 0 Å². The largest absolute Gasteiger partial charge is 0.478 e. The number of carbonyl (C=O) groups excluding carboxylic acids is 1. The number of urea groups is 1. The predicted molar refractivity (Wildman–Crippen MR) is 78.0 cm³/mol. The van der Waals surface area contributed by atoms with Crippen LogP contribution < -0.4 is 10.6 Å². The third-order valence-electron chi connectivity index (χ3n) is 2.69. The molecule has 0 aromatic heterocycles. The second-order valence-electron chi connectivity index (χ2n) is 4.77. The van der Waals surface area contributed by atoms with Gasteiger partial charge in [0.25, 0.3) is 0 Å². The number of halogens is 1. The standard InChI is InChI=1S/C13H17FN2O3S/c1-13(2,20-3)7-15-12(19)16-10-6-8(11(17)18)4-5-9(10)14/h4-6H,7H2,1-3H3,(H,17,18)(H2,15,16,19). The number of rotatable bonds is 5. The summed E-state index contributed by atoms with van der Waals surface area (Å²) in [5.41, 5.74) is -0.254. The van der Waals surface area contributed by atoms with E-state index in [1.165, 1.54) is 0 Å². The molecule has 0 bridgehead atoms. The first-order chi connectivity index (χ1) is 9.25. The van der Waals surface area contributed by atoms with E-state index in [0.717, 1.165) is 18.2 Å². The van der Waals surface area contributed by atoms with Crippen molar-refractivity contribution in [2.75, 3.05) is 18.1 Å². The third kappa shape index (κ3) is 4.73. The maximum atomic E-state index is 13.5. The average molecular weight is 300 g/mol. The van der Waals surface area contributed by atoms with Gasteiger partial charge >= 0.3 is 12.0 Å². The lowest BCUT2D eigenvalue weighted by Gasteiger charge is -2.22. The summed E-state index contributed by atoms with van der Waals surface area (Å²) in [6.45, 7) is 4.33. The van der Waals surface area contributed by atoms with E-state index in [2.05, 4.69) is 10.6 Å². The predicted octanol–water partition coefficient (Wildman–Crippen LogP) is 2.79. The zero-order valence-electron chi connectivity index (χ0n) is 11.5. The minimum absolute atomic E-state index is 0.0915. The van der Waals surface area contributed by atoms with Gasteiger partial charge in [-0.2, -0.15) is 11.8 Å². The van der Waals surface area contributed by atoms with Crippen LogP contribution in [0.3, 0.4) is 0 Å². The molecule has 7 heteroatoms. The molecule has 1 aromatic rings. The molecule has 0 unspecified atom stereocenters. The first kappa shape index (κ1) is 16.3. The Kier molecular flexibility index (Phi) is 5.38. The number of amides is 2. The fraction of sp³-hybridized carbons (Fsp3) is 0.385. The van der Waals surface area contributed by atoms with Gasteiger partial charge in [0, 0.05) is 11.3 Å². The molecule has 0 radical (unpaired) electrons. The lowest BCUT2D eigenvalue weighted by Crippen LogP contribution is -2.38. The highest BCUT2D eigenvalue weighted by Crippen LogP contribution is 2.20. The Labute approximate surface area is 120 Å². The second kappa shape index (κ2) is 6.60. The van der Waals surface area contributed by atoms with Crippen LogP contribution in [-0.2, 0) is 0 Å². The van der Waals surface area contributed by atoms with Gasteiger partial charge in [0.15, 0.2) is 0 Å². The monoisotopic (exact) mass is 300 g/mol. The number of carbonyl (C=O) groups is 2. The van der Waals surface area contributed by atoms with Crippen molar-refractivity contribution in [3.8, 4) is 0 Å². The van der Waals surface area contributed by atoms with Crippen LogP contribution in [-0.4, -0.2) is 34.7 Å². The molecule has 5 nitrogen and oxygen atoms in total. The summed E-state index contributed by atoms with van der Waals surface area (Å²) in [5, 5.41) is 13.7. The lowest BCUT2D eigenvalue weighted by atomic mass is 10.2. The zero-order valence-corrected chi connectivity index (χ0v) is 12.3. The van der Waals surface area contributed by atoms with E-state index in [-0.39, 0.29) is 16.0 Å². The Morgan fingerprint density at radius 1 is 1.40 bits per heavy atom. The fourth-order valence-electron chi connectivity index (χ4n) is 1.29. The molecule has 0 saturated carbocycles. The van der Waals surface area contributed by atoms with Crippen LogP contribution in [0.5, 0.6) is 0 Å². The molecule has 20 heavy (non-hydrogen) atoms. The number of thioether (sulfide) groups is 1. The van der Waals surface area contributed by atoms with E-state index in [9.17, 15) is 14.0 Å². The van der Waals surface area contributed by atoms with E-state index in [4.69, 9.17) is 5.11 Å². The molecule has 1 rings (SSSR count). The Bertz CT molecular complexity index is 520. The minimum atomic E-state index is -1.18. The summed E-state index contributed by atoms with van der Waals surface area (Å²) < 4.78 is 13.4. The highest BCUT2D eigenvalue weighted by atomic mass is 32.2. The topological polar surface area (TPSA) is 78.4 Å². The maximum absolute atomic E-state index is 13.5. The van der Waals surface area contributed by atoms with E-state index < -0.39 is 17.8 Å². The number of benzene rings is 1. The quantitative estimate of drug-likeness (QED) is 0.781. The number of hydrogen-bond acceptors (Lipinski definition) is 3. The van der Waals surface area contributed by atoms with E-state index in [1.807, 2.05) is 20.1 Å². The number of hydrogen-bond donors (Lipinski definition) is 3. The molecular formula is C13H17FN2O3S. The van der Waals surface area contributed by atoms with Gasteiger partial charge in [0.2, 0.25) is 0 Å². The summed E-state index contributed by atoms with van der Waals surface area (Å²) in [5.74, 6) is -1.87. The van der Waals surface area contributed by atoms with Gasteiger partial charge in [0.1, 0.15) is 5.82 Å². The van der Waals surface area contributed by atoms with Crippen molar-refractivity contribution in [2.45, 2.75) is 18.6 Å². The van der Waals surface area contributed by atoms with Gasteiger partial charge in [-0.15, -0.1) is 0 Å². The molecule has 0 aliphatic carbocycles. The normalized spacial score (nSPS) is 11.0. The molecule has 3 N–H and O–H groups in total. The van der Waals surface area contributed by atoms with Gasteiger partial charge < -0.3 is 15.7 Å². The van der Waals surface area contributed by atoms with Crippen molar-refractivity contribution in [2.24, 2.45) is 0 Å². The van der Waals surface area contributed by atoms with Crippen molar-refractivity contribution in [3.63, 3.8) is 0 Å². The van der Waals surface area contributed by atoms with Crippen LogP contribution in [0.15, 0.2) is 18.2 Å². The Morgan fingerprint density at radius 2 is 2.05 bits per heavy atom. The molecule has 0 spiro atoms. The second-order valence-corrected chi connectivity index (χ2v) is 6.28. The maximum Gasteiger partial charge on any atom is 0.335 e. The molecule has 1 aromatic carbocycles. The summed E-state index contributed by atoms with van der Waals surface area (Å²) in [4.78, 5) is 22.5. The molecule has 0 aliphatic heterocycles. The van der Waals surface area contributed by atoms with Crippen LogP contribution in [0.4, 0.5) is 14.9 Å². The first-order valence-electron chi connectivity index (χ1n) is 5.88. The van der Waals surface area contributed by atoms with E-state index in [0.29, 0.717) is 6.54 Å². The lowest BCUT2D eigenvalue weighted by molar-refractivity contribution is 0.0697. The number of aromatic carboxylic acids is 1.